The van der Waals surface area contributed by atoms with E-state index in [1.165, 1.54) is 0 Å². The zero-order chi connectivity index (χ0) is 24.1. The lowest BCUT2D eigenvalue weighted by Gasteiger charge is -2.30. The van der Waals surface area contributed by atoms with E-state index < -0.39 is 0 Å². The quantitative estimate of drug-likeness (QED) is 0.196. The molecule has 3 heterocycles. The highest BCUT2D eigenvalue weighted by molar-refractivity contribution is 5.88. The maximum Gasteiger partial charge on any atom is 0.145 e. The van der Waals surface area contributed by atoms with Gasteiger partial charge in [-0.1, -0.05) is 18.7 Å². The molecule has 3 aromatic rings. The zero-order valence-electron chi connectivity index (χ0n) is 19.8. The van der Waals surface area contributed by atoms with Gasteiger partial charge in [0.05, 0.1) is 29.5 Å². The van der Waals surface area contributed by atoms with Crippen LogP contribution in [0.25, 0.3) is 22.0 Å². The van der Waals surface area contributed by atoms with Gasteiger partial charge in [-0.15, -0.1) is 0 Å². The smallest absolute Gasteiger partial charge is 0.145 e. The molecule has 2 aromatic heterocycles. The van der Waals surface area contributed by atoms with E-state index in [1.807, 2.05) is 24.4 Å². The van der Waals surface area contributed by atoms with Crippen LogP contribution in [-0.4, -0.2) is 45.1 Å². The van der Waals surface area contributed by atoms with E-state index in [4.69, 9.17) is 11.6 Å². The summed E-state index contributed by atoms with van der Waals surface area (Å²) in [7, 11) is 0. The first-order chi connectivity index (χ1) is 16.4. The second-order valence-electron chi connectivity index (χ2n) is 8.84. The fourth-order valence-corrected chi connectivity index (χ4v) is 3.91. The molecule has 9 nitrogen and oxygen atoms in total. The Bertz CT molecular complexity index is 1180. The second kappa shape index (κ2) is 10.5. The van der Waals surface area contributed by atoms with Crippen molar-refractivity contribution < 1.29 is 0 Å². The molecule has 0 aliphatic carbocycles. The van der Waals surface area contributed by atoms with Crippen molar-refractivity contribution in [2.24, 2.45) is 11.6 Å². The van der Waals surface area contributed by atoms with Crippen molar-refractivity contribution in [3.8, 4) is 11.3 Å². The van der Waals surface area contributed by atoms with Gasteiger partial charge in [0.25, 0.3) is 0 Å². The Labute approximate surface area is 200 Å². The summed E-state index contributed by atoms with van der Waals surface area (Å²) in [5.74, 6) is 7.62. The van der Waals surface area contributed by atoms with E-state index in [1.54, 1.807) is 23.6 Å². The Morgan fingerprint density at radius 1 is 1.15 bits per heavy atom. The summed E-state index contributed by atoms with van der Waals surface area (Å²) in [6, 6.07) is 8.64. The molecule has 1 aliphatic rings. The van der Waals surface area contributed by atoms with Gasteiger partial charge in [0.2, 0.25) is 0 Å². The predicted molar refractivity (Wildman–Crippen MR) is 138 cm³/mol. The SMILES string of the molecule is C=C(Nc1cc2cc(-c3cncc(NC(C)C)n3)ccc2cn1)/C(N)=C/N(N)C1CCNCC1. The number of hydrazine groups is 1. The Morgan fingerprint density at radius 3 is 2.71 bits per heavy atom. The van der Waals surface area contributed by atoms with Crippen LogP contribution in [-0.2, 0) is 0 Å². The summed E-state index contributed by atoms with van der Waals surface area (Å²) >= 11 is 0. The first-order valence-corrected chi connectivity index (χ1v) is 11.5. The number of nitrogens with two attached hydrogens (primary N) is 2. The summed E-state index contributed by atoms with van der Waals surface area (Å²) in [5.41, 5.74) is 9.05. The molecule has 0 radical (unpaired) electrons. The summed E-state index contributed by atoms with van der Waals surface area (Å²) in [4.78, 5) is 13.5. The number of hydrogen-bond acceptors (Lipinski definition) is 9. The maximum atomic E-state index is 6.25. The third-order valence-corrected chi connectivity index (χ3v) is 5.73. The monoisotopic (exact) mass is 459 g/mol. The summed E-state index contributed by atoms with van der Waals surface area (Å²) in [5, 5.41) is 13.6. The van der Waals surface area contributed by atoms with Crippen LogP contribution < -0.4 is 27.5 Å². The van der Waals surface area contributed by atoms with Crippen LogP contribution in [0.3, 0.4) is 0 Å². The number of nitrogens with one attached hydrogen (secondary N) is 3. The van der Waals surface area contributed by atoms with Crippen molar-refractivity contribution >= 4 is 22.4 Å². The molecule has 0 unspecified atom stereocenters. The van der Waals surface area contributed by atoms with Crippen molar-refractivity contribution in [2.45, 2.75) is 38.8 Å². The minimum atomic E-state index is 0.266. The number of aromatic nitrogens is 3. The van der Waals surface area contributed by atoms with Gasteiger partial charge in [-0.2, -0.15) is 0 Å². The topological polar surface area (TPSA) is 130 Å². The van der Waals surface area contributed by atoms with Crippen LogP contribution in [0, 0.1) is 0 Å². The van der Waals surface area contributed by atoms with Gasteiger partial charge in [-0.3, -0.25) is 4.98 Å². The van der Waals surface area contributed by atoms with Gasteiger partial charge in [-0.05, 0) is 57.3 Å². The lowest BCUT2D eigenvalue weighted by Crippen LogP contribution is -2.44. The van der Waals surface area contributed by atoms with Gasteiger partial charge >= 0.3 is 0 Å². The molecule has 1 saturated heterocycles. The molecule has 7 N–H and O–H groups in total. The number of benzene rings is 1. The summed E-state index contributed by atoms with van der Waals surface area (Å²) in [6.45, 7) is 10.1. The summed E-state index contributed by atoms with van der Waals surface area (Å²) in [6.07, 6.45) is 9.02. The van der Waals surface area contributed by atoms with E-state index in [2.05, 4.69) is 57.4 Å². The van der Waals surface area contributed by atoms with E-state index in [0.29, 0.717) is 17.2 Å². The number of rotatable bonds is 8. The fourth-order valence-electron chi connectivity index (χ4n) is 3.91. The van der Waals surface area contributed by atoms with E-state index in [9.17, 15) is 0 Å². The van der Waals surface area contributed by atoms with Crippen LogP contribution in [0.2, 0.25) is 0 Å². The Hall–Kier alpha value is -3.69. The van der Waals surface area contributed by atoms with Crippen LogP contribution in [0.1, 0.15) is 26.7 Å². The molecule has 1 fully saturated rings. The molecule has 9 heteroatoms. The Kier molecular flexibility index (Phi) is 7.24. The first kappa shape index (κ1) is 23.5. The minimum absolute atomic E-state index is 0.266. The van der Waals surface area contributed by atoms with Crippen LogP contribution >= 0.6 is 0 Å². The van der Waals surface area contributed by atoms with Crippen molar-refractivity contribution in [1.82, 2.24) is 25.3 Å². The Morgan fingerprint density at radius 2 is 1.94 bits per heavy atom. The largest absolute Gasteiger partial charge is 0.396 e. The molecule has 1 aromatic carbocycles. The average molecular weight is 460 g/mol. The normalized spacial score (nSPS) is 14.9. The number of piperidine rings is 1. The molecule has 0 atom stereocenters. The van der Waals surface area contributed by atoms with E-state index in [-0.39, 0.29) is 12.1 Å². The fraction of sp³-hybridized carbons (Fsp3) is 0.320. The lowest BCUT2D eigenvalue weighted by atomic mass is 10.1. The molecule has 0 saturated carbocycles. The third-order valence-electron chi connectivity index (χ3n) is 5.73. The standard InChI is InChI=1S/C25H33N9/c1-16(2)31-25-14-29-13-23(33-25)18-4-5-19-12-30-24(11-20(19)10-18)32-17(3)22(26)15-34(27)21-6-8-28-9-7-21/h4-5,10-16,21,28H,3,6-9,26-27H2,1-2H3,(H,30,32)(H,31,33)/b22-15-. The molecule has 0 bridgehead atoms. The number of fused-ring (bicyclic) bond motifs is 1. The van der Waals surface area contributed by atoms with Gasteiger partial charge in [0.15, 0.2) is 0 Å². The number of pyridine rings is 1. The van der Waals surface area contributed by atoms with Gasteiger partial charge in [0.1, 0.15) is 11.6 Å². The Balaban J connectivity index is 1.50. The zero-order valence-corrected chi connectivity index (χ0v) is 19.8. The molecule has 0 spiro atoms. The third kappa shape index (κ3) is 5.81. The first-order valence-electron chi connectivity index (χ1n) is 11.5. The highest BCUT2D eigenvalue weighted by atomic mass is 15.4. The van der Waals surface area contributed by atoms with Crippen molar-refractivity contribution in [2.75, 3.05) is 23.7 Å². The van der Waals surface area contributed by atoms with E-state index >= 15 is 0 Å². The average Bonchev–Trinajstić information content (AvgIpc) is 2.83. The second-order valence-corrected chi connectivity index (χ2v) is 8.84. The molecule has 4 rings (SSSR count). The lowest BCUT2D eigenvalue weighted by molar-refractivity contribution is 0.229. The van der Waals surface area contributed by atoms with Crippen molar-refractivity contribution in [1.29, 1.82) is 0 Å². The molecule has 178 valence electrons. The molecule has 0 amide bonds. The summed E-state index contributed by atoms with van der Waals surface area (Å²) < 4.78 is 0. The van der Waals surface area contributed by atoms with Crippen molar-refractivity contribution in [3.05, 3.63) is 67.0 Å². The molecule has 1 aliphatic heterocycles. The highest BCUT2D eigenvalue weighted by Crippen LogP contribution is 2.25. The van der Waals surface area contributed by atoms with Crippen LogP contribution in [0.5, 0.6) is 0 Å². The number of hydrogen-bond donors (Lipinski definition) is 5. The molecular formula is C25H33N9. The van der Waals surface area contributed by atoms with Gasteiger partial charge < -0.3 is 26.7 Å². The molecule has 34 heavy (non-hydrogen) atoms. The van der Waals surface area contributed by atoms with E-state index in [0.717, 1.165) is 53.8 Å². The minimum Gasteiger partial charge on any atom is -0.396 e. The predicted octanol–water partition coefficient (Wildman–Crippen LogP) is 3.17. The van der Waals surface area contributed by atoms with Crippen LogP contribution in [0.4, 0.5) is 11.6 Å². The number of anilines is 2. The molecular weight excluding hydrogens is 426 g/mol. The van der Waals surface area contributed by atoms with Gasteiger partial charge in [-0.25, -0.2) is 15.8 Å². The highest BCUT2D eigenvalue weighted by Gasteiger charge is 2.17. The van der Waals surface area contributed by atoms with Crippen molar-refractivity contribution in [3.63, 3.8) is 0 Å². The maximum absolute atomic E-state index is 6.25. The number of nitrogens with zero attached hydrogens (tertiary/aromatic N) is 4. The van der Waals surface area contributed by atoms with Gasteiger partial charge in [0, 0.05) is 35.4 Å². The van der Waals surface area contributed by atoms with Crippen LogP contribution in [0.15, 0.2) is 67.0 Å².